The SMILES string of the molecule is CS(=O)(=O)c1cc(N)cc(C(=O)N2CCCCCC2)c1. The van der Waals surface area contributed by atoms with Gasteiger partial charge in [-0.25, -0.2) is 8.42 Å². The number of hydrogen-bond acceptors (Lipinski definition) is 4. The van der Waals surface area contributed by atoms with Gasteiger partial charge in [0.2, 0.25) is 0 Å². The number of carbonyl (C=O) groups is 1. The van der Waals surface area contributed by atoms with Crippen LogP contribution in [-0.2, 0) is 9.84 Å². The second-order valence-corrected chi connectivity index (χ2v) is 7.29. The van der Waals surface area contributed by atoms with Crippen molar-refractivity contribution >= 4 is 21.4 Å². The molecule has 0 aliphatic carbocycles. The first-order valence-electron chi connectivity index (χ1n) is 6.78. The molecule has 1 aromatic rings. The van der Waals surface area contributed by atoms with Crippen LogP contribution in [-0.4, -0.2) is 38.6 Å². The van der Waals surface area contributed by atoms with E-state index in [1.165, 1.54) is 12.1 Å². The number of nitrogens with zero attached hydrogens (tertiary/aromatic N) is 1. The quantitative estimate of drug-likeness (QED) is 0.842. The van der Waals surface area contributed by atoms with E-state index >= 15 is 0 Å². The van der Waals surface area contributed by atoms with Gasteiger partial charge < -0.3 is 10.6 Å². The number of benzene rings is 1. The normalized spacial score (nSPS) is 16.8. The second kappa shape index (κ2) is 5.83. The fraction of sp³-hybridized carbons (Fsp3) is 0.500. The largest absolute Gasteiger partial charge is 0.399 e. The summed E-state index contributed by atoms with van der Waals surface area (Å²) in [5, 5.41) is 0. The van der Waals surface area contributed by atoms with Gasteiger partial charge in [-0.05, 0) is 31.0 Å². The molecular weight excluding hydrogens is 276 g/mol. The molecule has 0 saturated carbocycles. The van der Waals surface area contributed by atoms with Crippen molar-refractivity contribution in [3.63, 3.8) is 0 Å². The number of sulfone groups is 1. The van der Waals surface area contributed by atoms with Gasteiger partial charge in [0.05, 0.1) is 4.90 Å². The van der Waals surface area contributed by atoms with Crippen LogP contribution in [0, 0.1) is 0 Å². The number of nitrogens with two attached hydrogens (primary N) is 1. The zero-order valence-electron chi connectivity index (χ0n) is 11.6. The van der Waals surface area contributed by atoms with Gasteiger partial charge in [-0.3, -0.25) is 4.79 Å². The predicted molar refractivity (Wildman–Crippen MR) is 78.3 cm³/mol. The number of nitrogen functional groups attached to an aromatic ring is 1. The van der Waals surface area contributed by atoms with E-state index in [0.29, 0.717) is 11.3 Å². The number of likely N-dealkylation sites (tertiary alicyclic amines) is 1. The molecule has 0 radical (unpaired) electrons. The second-order valence-electron chi connectivity index (χ2n) is 5.27. The standard InChI is InChI=1S/C14H20N2O3S/c1-20(18,19)13-9-11(8-12(15)10-13)14(17)16-6-4-2-3-5-7-16/h8-10H,2-7,15H2,1H3. The van der Waals surface area contributed by atoms with Crippen molar-refractivity contribution in [1.29, 1.82) is 0 Å². The Hall–Kier alpha value is -1.56. The third-order valence-electron chi connectivity index (χ3n) is 3.50. The van der Waals surface area contributed by atoms with E-state index in [9.17, 15) is 13.2 Å². The summed E-state index contributed by atoms with van der Waals surface area (Å²) in [5.41, 5.74) is 6.37. The molecule has 20 heavy (non-hydrogen) atoms. The van der Waals surface area contributed by atoms with Gasteiger partial charge in [-0.15, -0.1) is 0 Å². The van der Waals surface area contributed by atoms with Crippen molar-refractivity contribution in [2.24, 2.45) is 0 Å². The lowest BCUT2D eigenvalue weighted by Crippen LogP contribution is -2.32. The fourth-order valence-electron chi connectivity index (χ4n) is 2.42. The lowest BCUT2D eigenvalue weighted by Gasteiger charge is -2.20. The minimum Gasteiger partial charge on any atom is -0.399 e. The monoisotopic (exact) mass is 296 g/mol. The maximum absolute atomic E-state index is 12.5. The first-order valence-corrected chi connectivity index (χ1v) is 8.67. The van der Waals surface area contributed by atoms with E-state index in [-0.39, 0.29) is 10.8 Å². The van der Waals surface area contributed by atoms with Gasteiger partial charge in [0.25, 0.3) is 5.91 Å². The highest BCUT2D eigenvalue weighted by Crippen LogP contribution is 2.20. The lowest BCUT2D eigenvalue weighted by molar-refractivity contribution is 0.0761. The summed E-state index contributed by atoms with van der Waals surface area (Å²) in [4.78, 5) is 14.3. The summed E-state index contributed by atoms with van der Waals surface area (Å²) in [7, 11) is -3.37. The highest BCUT2D eigenvalue weighted by molar-refractivity contribution is 7.90. The average Bonchev–Trinajstić information content (AvgIpc) is 2.65. The van der Waals surface area contributed by atoms with Crippen molar-refractivity contribution in [3.05, 3.63) is 23.8 Å². The van der Waals surface area contributed by atoms with Crippen LogP contribution in [0.5, 0.6) is 0 Å². The molecule has 1 aliphatic rings. The highest BCUT2D eigenvalue weighted by Gasteiger charge is 2.19. The van der Waals surface area contributed by atoms with Crippen LogP contribution in [0.2, 0.25) is 0 Å². The Kier molecular flexibility index (Phi) is 4.32. The van der Waals surface area contributed by atoms with Gasteiger partial charge in [0.1, 0.15) is 0 Å². The van der Waals surface area contributed by atoms with E-state index in [1.807, 2.05) is 0 Å². The molecule has 0 spiro atoms. The van der Waals surface area contributed by atoms with Crippen molar-refractivity contribution in [2.75, 3.05) is 25.1 Å². The molecule has 2 N–H and O–H groups in total. The van der Waals surface area contributed by atoms with Crippen molar-refractivity contribution in [2.45, 2.75) is 30.6 Å². The van der Waals surface area contributed by atoms with Crippen LogP contribution in [0.25, 0.3) is 0 Å². The van der Waals surface area contributed by atoms with Crippen molar-refractivity contribution in [1.82, 2.24) is 4.90 Å². The summed E-state index contributed by atoms with van der Waals surface area (Å²) in [6, 6.07) is 4.34. The zero-order chi connectivity index (χ0) is 14.8. The summed E-state index contributed by atoms with van der Waals surface area (Å²) in [6.45, 7) is 1.45. The molecule has 0 atom stereocenters. The Morgan fingerprint density at radius 2 is 1.70 bits per heavy atom. The van der Waals surface area contributed by atoms with Gasteiger partial charge in [0.15, 0.2) is 9.84 Å². The van der Waals surface area contributed by atoms with Crippen LogP contribution < -0.4 is 5.73 Å². The molecule has 1 fully saturated rings. The van der Waals surface area contributed by atoms with Crippen LogP contribution in [0.1, 0.15) is 36.0 Å². The number of anilines is 1. The molecule has 1 amide bonds. The third-order valence-corrected chi connectivity index (χ3v) is 4.59. The van der Waals surface area contributed by atoms with E-state index in [2.05, 4.69) is 0 Å². The van der Waals surface area contributed by atoms with Crippen LogP contribution in [0.15, 0.2) is 23.1 Å². The number of rotatable bonds is 2. The fourth-order valence-corrected chi connectivity index (χ4v) is 3.11. The number of carbonyl (C=O) groups excluding carboxylic acids is 1. The minimum absolute atomic E-state index is 0.0932. The summed E-state index contributed by atoms with van der Waals surface area (Å²) in [5.74, 6) is -0.135. The molecule has 1 aromatic carbocycles. The van der Waals surface area contributed by atoms with Gasteiger partial charge >= 0.3 is 0 Å². The Morgan fingerprint density at radius 3 is 2.25 bits per heavy atom. The van der Waals surface area contributed by atoms with Crippen molar-refractivity contribution < 1.29 is 13.2 Å². The van der Waals surface area contributed by atoms with E-state index in [0.717, 1.165) is 45.0 Å². The third kappa shape index (κ3) is 3.50. The van der Waals surface area contributed by atoms with E-state index in [1.54, 1.807) is 11.0 Å². The summed E-state index contributed by atoms with van der Waals surface area (Å²) < 4.78 is 23.2. The molecule has 6 heteroatoms. The van der Waals surface area contributed by atoms with Gasteiger partial charge in [-0.2, -0.15) is 0 Å². The smallest absolute Gasteiger partial charge is 0.253 e. The summed E-state index contributed by atoms with van der Waals surface area (Å²) >= 11 is 0. The minimum atomic E-state index is -3.37. The van der Waals surface area contributed by atoms with E-state index < -0.39 is 9.84 Å². The molecule has 1 saturated heterocycles. The molecule has 5 nitrogen and oxygen atoms in total. The number of amides is 1. The molecule has 0 aromatic heterocycles. The Morgan fingerprint density at radius 1 is 1.10 bits per heavy atom. The molecule has 1 heterocycles. The first kappa shape index (κ1) is 14.8. The zero-order valence-corrected chi connectivity index (χ0v) is 12.4. The molecule has 110 valence electrons. The lowest BCUT2D eigenvalue weighted by atomic mass is 10.1. The van der Waals surface area contributed by atoms with Crippen LogP contribution in [0.3, 0.4) is 0 Å². The Bertz CT molecular complexity index is 603. The van der Waals surface area contributed by atoms with Gasteiger partial charge in [0, 0.05) is 30.6 Å². The highest BCUT2D eigenvalue weighted by atomic mass is 32.2. The molecule has 0 unspecified atom stereocenters. The summed E-state index contributed by atoms with van der Waals surface area (Å²) in [6.07, 6.45) is 5.37. The maximum Gasteiger partial charge on any atom is 0.253 e. The topological polar surface area (TPSA) is 80.5 Å². The molecular formula is C14H20N2O3S. The van der Waals surface area contributed by atoms with E-state index in [4.69, 9.17) is 5.73 Å². The van der Waals surface area contributed by atoms with Crippen LogP contribution in [0.4, 0.5) is 5.69 Å². The predicted octanol–water partition coefficient (Wildman–Crippen LogP) is 1.69. The Balaban J connectivity index is 2.32. The first-order chi connectivity index (χ1) is 9.38. The molecule has 0 bridgehead atoms. The number of hydrogen-bond donors (Lipinski definition) is 1. The van der Waals surface area contributed by atoms with Gasteiger partial charge in [-0.1, -0.05) is 12.8 Å². The molecule has 2 rings (SSSR count). The molecule has 1 aliphatic heterocycles. The maximum atomic E-state index is 12.5. The Labute approximate surface area is 119 Å². The van der Waals surface area contributed by atoms with Crippen LogP contribution >= 0.6 is 0 Å². The van der Waals surface area contributed by atoms with Crippen molar-refractivity contribution in [3.8, 4) is 0 Å². The average molecular weight is 296 g/mol.